The topological polar surface area (TPSA) is 177 Å². The minimum atomic E-state index is -1.16. The van der Waals surface area contributed by atoms with Crippen LogP contribution >= 0.6 is 25.3 Å². The van der Waals surface area contributed by atoms with E-state index in [2.05, 4.69) is 41.2 Å². The Balaban J connectivity index is 4.94. The van der Waals surface area contributed by atoms with Gasteiger partial charge in [-0.2, -0.15) is 25.3 Å². The second-order valence-electron chi connectivity index (χ2n) is 7.09. The quantitative estimate of drug-likeness (QED) is 0.112. The molecule has 5 unspecified atom stereocenters. The van der Waals surface area contributed by atoms with E-state index in [0.717, 1.165) is 6.42 Å². The predicted molar refractivity (Wildman–Crippen MR) is 121 cm³/mol. The molecular weight excluding hydrogens is 430 g/mol. The molecule has 10 nitrogen and oxygen atoms in total. The summed E-state index contributed by atoms with van der Waals surface area (Å²) in [5.74, 6) is -3.35. The average Bonchev–Trinajstić information content (AvgIpc) is 2.72. The largest absolute Gasteiger partial charge is 0.480 e. The zero-order chi connectivity index (χ0) is 23.3. The van der Waals surface area contributed by atoms with E-state index in [9.17, 15) is 24.3 Å². The number of thiol groups is 2. The molecule has 0 radical (unpaired) electrons. The van der Waals surface area contributed by atoms with Crippen LogP contribution in [0, 0.1) is 5.92 Å². The third kappa shape index (κ3) is 10.0. The van der Waals surface area contributed by atoms with Crippen molar-refractivity contribution in [3.8, 4) is 0 Å². The highest BCUT2D eigenvalue weighted by Crippen LogP contribution is 2.08. The van der Waals surface area contributed by atoms with Crippen LogP contribution in [-0.2, 0) is 19.2 Å². The van der Waals surface area contributed by atoms with E-state index in [0.29, 0.717) is 25.8 Å². The zero-order valence-corrected chi connectivity index (χ0v) is 19.3. The molecule has 0 aromatic heterocycles. The molecule has 0 aliphatic carbocycles. The van der Waals surface area contributed by atoms with Crippen molar-refractivity contribution >= 4 is 48.9 Å². The number of carbonyl (C=O) groups excluding carboxylic acids is 3. The summed E-state index contributed by atoms with van der Waals surface area (Å²) in [6.45, 7) is 4.02. The van der Waals surface area contributed by atoms with E-state index in [1.165, 1.54) is 0 Å². The van der Waals surface area contributed by atoms with Crippen molar-refractivity contribution in [1.29, 1.82) is 0 Å². The first-order valence-electron chi connectivity index (χ1n) is 9.94. The van der Waals surface area contributed by atoms with Gasteiger partial charge in [0.15, 0.2) is 0 Å². The number of rotatable bonds is 15. The molecule has 12 heteroatoms. The van der Waals surface area contributed by atoms with Crippen LogP contribution in [0.25, 0.3) is 0 Å². The standard InChI is InChI=1S/C18H35N5O5S2/c1-3-10(2)14(18(27)28)23-17(26)13(9-30)22-16(25)12(8-29)21-15(24)11(20)6-4-5-7-19/h10-14,29-30H,3-9,19-20H2,1-2H3,(H,21,24)(H,22,25)(H,23,26)(H,27,28). The number of aliphatic carboxylic acids is 1. The van der Waals surface area contributed by atoms with Crippen molar-refractivity contribution in [3.63, 3.8) is 0 Å². The van der Waals surface area contributed by atoms with Gasteiger partial charge in [0.25, 0.3) is 0 Å². The number of hydrogen-bond acceptors (Lipinski definition) is 8. The van der Waals surface area contributed by atoms with E-state index in [-0.39, 0.29) is 17.4 Å². The molecule has 0 heterocycles. The number of carboxylic acid groups (broad SMARTS) is 1. The summed E-state index contributed by atoms with van der Waals surface area (Å²) < 4.78 is 0. The van der Waals surface area contributed by atoms with E-state index in [1.54, 1.807) is 6.92 Å². The molecular formula is C18H35N5O5S2. The van der Waals surface area contributed by atoms with Gasteiger partial charge in [-0.15, -0.1) is 0 Å². The van der Waals surface area contributed by atoms with Crippen LogP contribution in [0.1, 0.15) is 39.5 Å². The molecule has 0 rings (SSSR count). The van der Waals surface area contributed by atoms with Crippen LogP contribution in [0.3, 0.4) is 0 Å². The summed E-state index contributed by atoms with van der Waals surface area (Å²) in [4.78, 5) is 48.6. The lowest BCUT2D eigenvalue weighted by molar-refractivity contribution is -0.143. The molecule has 30 heavy (non-hydrogen) atoms. The lowest BCUT2D eigenvalue weighted by Gasteiger charge is -2.25. The van der Waals surface area contributed by atoms with Gasteiger partial charge in [-0.1, -0.05) is 26.7 Å². The number of nitrogens with one attached hydrogen (secondary N) is 3. The van der Waals surface area contributed by atoms with Gasteiger partial charge in [0.2, 0.25) is 17.7 Å². The van der Waals surface area contributed by atoms with Crippen molar-refractivity contribution in [2.75, 3.05) is 18.1 Å². The Bertz CT molecular complexity index is 581. The molecule has 0 saturated heterocycles. The normalized spacial score (nSPS) is 15.9. The summed E-state index contributed by atoms with van der Waals surface area (Å²) in [6, 6.07) is -3.97. The molecule has 0 spiro atoms. The van der Waals surface area contributed by atoms with Crippen LogP contribution in [0.2, 0.25) is 0 Å². The molecule has 8 N–H and O–H groups in total. The molecule has 0 bridgehead atoms. The first-order chi connectivity index (χ1) is 14.1. The maximum atomic E-state index is 12.5. The zero-order valence-electron chi connectivity index (χ0n) is 17.5. The molecule has 0 saturated carbocycles. The number of hydrogen-bond donors (Lipinski definition) is 8. The summed E-state index contributed by atoms with van der Waals surface area (Å²) in [5.41, 5.74) is 11.2. The van der Waals surface area contributed by atoms with Gasteiger partial charge in [0, 0.05) is 11.5 Å². The fourth-order valence-electron chi connectivity index (χ4n) is 2.52. The maximum absolute atomic E-state index is 12.5. The van der Waals surface area contributed by atoms with Crippen LogP contribution < -0.4 is 27.4 Å². The van der Waals surface area contributed by atoms with Crippen LogP contribution in [0.5, 0.6) is 0 Å². The van der Waals surface area contributed by atoms with Crippen LogP contribution in [0.4, 0.5) is 0 Å². The summed E-state index contributed by atoms with van der Waals surface area (Å²) >= 11 is 8.15. The van der Waals surface area contributed by atoms with Gasteiger partial charge in [0.05, 0.1) is 6.04 Å². The predicted octanol–water partition coefficient (Wildman–Crippen LogP) is -1.11. The third-order valence-electron chi connectivity index (χ3n) is 4.71. The number of unbranched alkanes of at least 4 members (excludes halogenated alkanes) is 1. The Kier molecular flexibility index (Phi) is 14.6. The maximum Gasteiger partial charge on any atom is 0.326 e. The van der Waals surface area contributed by atoms with Crippen molar-refractivity contribution in [2.24, 2.45) is 17.4 Å². The fourth-order valence-corrected chi connectivity index (χ4v) is 3.03. The SMILES string of the molecule is CCC(C)C(NC(=O)C(CS)NC(=O)C(CS)NC(=O)C(N)CCCCN)C(=O)O. The van der Waals surface area contributed by atoms with Gasteiger partial charge in [-0.25, -0.2) is 4.79 Å². The van der Waals surface area contributed by atoms with E-state index in [1.807, 2.05) is 6.92 Å². The highest BCUT2D eigenvalue weighted by atomic mass is 32.1. The van der Waals surface area contributed by atoms with Gasteiger partial charge < -0.3 is 32.5 Å². The Hall–Kier alpha value is -1.50. The molecule has 3 amide bonds. The van der Waals surface area contributed by atoms with Crippen molar-refractivity contribution in [1.82, 2.24) is 16.0 Å². The van der Waals surface area contributed by atoms with Gasteiger partial charge in [-0.05, 0) is 25.3 Å². The van der Waals surface area contributed by atoms with Crippen LogP contribution in [-0.4, -0.2) is 71.0 Å². The average molecular weight is 466 g/mol. The van der Waals surface area contributed by atoms with Gasteiger partial charge >= 0.3 is 5.97 Å². The first kappa shape index (κ1) is 28.5. The lowest BCUT2D eigenvalue weighted by atomic mass is 9.99. The molecule has 0 aromatic rings. The smallest absolute Gasteiger partial charge is 0.326 e. The Labute approximate surface area is 188 Å². The molecule has 5 atom stereocenters. The number of carboxylic acids is 1. The highest BCUT2D eigenvalue weighted by Gasteiger charge is 2.31. The van der Waals surface area contributed by atoms with E-state index >= 15 is 0 Å². The molecule has 0 aromatic carbocycles. The minimum absolute atomic E-state index is 0.0153. The first-order valence-corrected chi connectivity index (χ1v) is 11.2. The second-order valence-corrected chi connectivity index (χ2v) is 7.82. The second kappa shape index (κ2) is 15.3. The Morgan fingerprint density at radius 1 is 0.933 bits per heavy atom. The molecule has 0 fully saturated rings. The lowest BCUT2D eigenvalue weighted by Crippen LogP contribution is -2.58. The van der Waals surface area contributed by atoms with Gasteiger partial charge in [-0.3, -0.25) is 14.4 Å². The Morgan fingerprint density at radius 3 is 1.87 bits per heavy atom. The van der Waals surface area contributed by atoms with E-state index in [4.69, 9.17) is 11.5 Å². The summed E-state index contributed by atoms with van der Waals surface area (Å²) in [5, 5.41) is 16.7. The molecule has 0 aliphatic rings. The van der Waals surface area contributed by atoms with Crippen molar-refractivity contribution < 1.29 is 24.3 Å². The van der Waals surface area contributed by atoms with Crippen LogP contribution in [0.15, 0.2) is 0 Å². The minimum Gasteiger partial charge on any atom is -0.480 e. The number of nitrogens with two attached hydrogens (primary N) is 2. The molecule has 174 valence electrons. The molecule has 0 aliphatic heterocycles. The summed E-state index contributed by atoms with van der Waals surface area (Å²) in [6.07, 6.45) is 2.40. The number of amides is 3. The van der Waals surface area contributed by atoms with E-state index < -0.39 is 47.9 Å². The van der Waals surface area contributed by atoms with Crippen molar-refractivity contribution in [2.45, 2.75) is 63.7 Å². The monoisotopic (exact) mass is 465 g/mol. The third-order valence-corrected chi connectivity index (χ3v) is 5.44. The fraction of sp³-hybridized carbons (Fsp3) is 0.778. The number of carbonyl (C=O) groups is 4. The summed E-state index contributed by atoms with van der Waals surface area (Å²) in [7, 11) is 0. The van der Waals surface area contributed by atoms with Crippen molar-refractivity contribution in [3.05, 3.63) is 0 Å². The Morgan fingerprint density at radius 2 is 1.43 bits per heavy atom. The van der Waals surface area contributed by atoms with Gasteiger partial charge in [0.1, 0.15) is 18.1 Å². The highest BCUT2D eigenvalue weighted by molar-refractivity contribution is 7.80.